The molecule has 0 spiro atoms. The lowest BCUT2D eigenvalue weighted by Crippen LogP contribution is -2.07. The number of aromatic nitrogens is 3. The van der Waals surface area contributed by atoms with E-state index in [4.69, 9.17) is 9.47 Å². The summed E-state index contributed by atoms with van der Waals surface area (Å²) >= 11 is 1.40. The first-order chi connectivity index (χ1) is 15.2. The summed E-state index contributed by atoms with van der Waals surface area (Å²) in [5.41, 5.74) is 1.36. The molecule has 0 aliphatic heterocycles. The van der Waals surface area contributed by atoms with Crippen LogP contribution in [0.4, 0.5) is 13.2 Å². The number of thiazole rings is 1. The molecule has 0 aliphatic rings. The normalized spacial score (nSPS) is 11.5. The molecule has 2 aromatic heterocycles. The minimum Gasteiger partial charge on any atom is -0.496 e. The SMILES string of the molecule is COc1cc(OCc2sc(-c3ccc(C(F)(F)F)cc3)[nH+]c2C)ccc1-c1noc(=O)[nH]1. The van der Waals surface area contributed by atoms with Gasteiger partial charge in [-0.25, -0.2) is 4.79 Å². The number of H-pyrrole nitrogens is 2. The number of nitrogens with zero attached hydrogens (tertiary/aromatic N) is 1. The van der Waals surface area contributed by atoms with Crippen LogP contribution in [0.2, 0.25) is 0 Å². The predicted octanol–water partition coefficient (Wildman–Crippen LogP) is 4.49. The second-order valence-electron chi connectivity index (χ2n) is 6.77. The monoisotopic (exact) mass is 464 g/mol. The molecule has 2 heterocycles. The van der Waals surface area contributed by atoms with Gasteiger partial charge in [0.15, 0.2) is 11.5 Å². The number of methoxy groups -OCH3 is 1. The third-order valence-corrected chi connectivity index (χ3v) is 5.87. The summed E-state index contributed by atoms with van der Waals surface area (Å²) in [4.78, 5) is 17.7. The number of hydrogen-bond donors (Lipinski definition) is 1. The Kier molecular flexibility index (Phi) is 5.74. The Hall–Kier alpha value is -3.60. The van der Waals surface area contributed by atoms with Gasteiger partial charge >= 0.3 is 11.9 Å². The average molecular weight is 464 g/mol. The zero-order valence-electron chi connectivity index (χ0n) is 16.9. The molecule has 0 fully saturated rings. The molecule has 0 bridgehead atoms. The maximum atomic E-state index is 12.8. The van der Waals surface area contributed by atoms with Gasteiger partial charge in [0.2, 0.25) is 0 Å². The van der Waals surface area contributed by atoms with Gasteiger partial charge in [-0.05, 0) is 36.4 Å². The smallest absolute Gasteiger partial charge is 0.439 e. The van der Waals surface area contributed by atoms with Gasteiger partial charge in [-0.3, -0.25) is 9.51 Å². The fourth-order valence-electron chi connectivity index (χ4n) is 3.00. The highest BCUT2D eigenvalue weighted by Crippen LogP contribution is 2.33. The molecular formula is C21H17F3N3O4S+. The van der Waals surface area contributed by atoms with Gasteiger partial charge in [0, 0.05) is 13.0 Å². The van der Waals surface area contributed by atoms with Crippen LogP contribution in [-0.4, -0.2) is 17.3 Å². The quantitative estimate of drug-likeness (QED) is 0.454. The van der Waals surface area contributed by atoms with Crippen LogP contribution in [0.1, 0.15) is 16.1 Å². The van der Waals surface area contributed by atoms with E-state index in [-0.39, 0.29) is 12.4 Å². The molecule has 2 N–H and O–H groups in total. The predicted molar refractivity (Wildman–Crippen MR) is 109 cm³/mol. The van der Waals surface area contributed by atoms with Gasteiger partial charge in [-0.1, -0.05) is 16.5 Å². The molecule has 0 amide bonds. The second kappa shape index (κ2) is 8.50. The molecule has 4 rings (SSSR count). The third-order valence-electron chi connectivity index (χ3n) is 4.66. The molecule has 32 heavy (non-hydrogen) atoms. The number of ether oxygens (including phenoxy) is 2. The van der Waals surface area contributed by atoms with Crippen LogP contribution < -0.4 is 20.2 Å². The largest absolute Gasteiger partial charge is 0.496 e. The molecule has 7 nitrogen and oxygen atoms in total. The van der Waals surface area contributed by atoms with E-state index >= 15 is 0 Å². The molecule has 4 aromatic rings. The Balaban J connectivity index is 1.50. The summed E-state index contributed by atoms with van der Waals surface area (Å²) in [6, 6.07) is 10.0. The van der Waals surface area contributed by atoms with Crippen LogP contribution in [0, 0.1) is 6.92 Å². The molecule has 0 unspecified atom stereocenters. The molecular weight excluding hydrogens is 447 g/mol. The number of hydrogen-bond acceptors (Lipinski definition) is 6. The van der Waals surface area contributed by atoms with Crippen molar-refractivity contribution in [1.82, 2.24) is 10.1 Å². The van der Waals surface area contributed by atoms with E-state index in [1.165, 1.54) is 30.6 Å². The van der Waals surface area contributed by atoms with Crippen LogP contribution in [0.5, 0.6) is 11.5 Å². The van der Waals surface area contributed by atoms with Crippen LogP contribution >= 0.6 is 11.3 Å². The molecule has 0 saturated heterocycles. The minimum absolute atomic E-state index is 0.239. The highest BCUT2D eigenvalue weighted by Gasteiger charge is 2.30. The third kappa shape index (κ3) is 4.52. The first-order valence-electron chi connectivity index (χ1n) is 9.31. The standard InChI is InChI=1S/C21H16F3N3O4S/c1-11-17(32-19(25-11)12-3-5-13(6-4-12)21(22,23)24)10-30-14-7-8-15(16(9-14)29-2)18-26-20(28)31-27-18/h3-9H,10H2,1-2H3,(H,26,27,28)/p+1. The van der Waals surface area contributed by atoms with E-state index < -0.39 is 17.5 Å². The summed E-state index contributed by atoms with van der Waals surface area (Å²) in [5, 5.41) is 4.39. The molecule has 0 atom stereocenters. The number of aryl methyl sites for hydroxylation is 1. The molecule has 11 heteroatoms. The molecule has 0 saturated carbocycles. The van der Waals surface area contributed by atoms with Gasteiger partial charge in [0.05, 0.1) is 23.8 Å². The van der Waals surface area contributed by atoms with E-state index in [9.17, 15) is 18.0 Å². The number of alkyl halides is 3. The summed E-state index contributed by atoms with van der Waals surface area (Å²) in [6.45, 7) is 2.12. The van der Waals surface area contributed by atoms with Crippen molar-refractivity contribution >= 4 is 11.3 Å². The van der Waals surface area contributed by atoms with E-state index in [1.54, 1.807) is 18.2 Å². The maximum absolute atomic E-state index is 12.8. The number of rotatable bonds is 6. The average Bonchev–Trinajstić information content (AvgIpc) is 3.37. The van der Waals surface area contributed by atoms with Crippen LogP contribution in [0.15, 0.2) is 51.8 Å². The number of benzene rings is 2. The minimum atomic E-state index is -4.37. The zero-order chi connectivity index (χ0) is 22.9. The lowest BCUT2D eigenvalue weighted by atomic mass is 10.1. The van der Waals surface area contributed by atoms with Crippen molar-refractivity contribution in [2.45, 2.75) is 19.7 Å². The maximum Gasteiger partial charge on any atom is 0.439 e. The molecule has 2 aromatic carbocycles. The van der Waals surface area contributed by atoms with E-state index in [0.717, 1.165) is 27.7 Å². The van der Waals surface area contributed by atoms with Crippen molar-refractivity contribution in [3.8, 4) is 33.5 Å². The van der Waals surface area contributed by atoms with Gasteiger partial charge < -0.3 is 9.47 Å². The van der Waals surface area contributed by atoms with Gasteiger partial charge in [0.25, 0.3) is 5.01 Å². The van der Waals surface area contributed by atoms with Crippen molar-refractivity contribution in [2.24, 2.45) is 0 Å². The second-order valence-corrected chi connectivity index (χ2v) is 7.88. The first kappa shape index (κ1) is 21.6. The summed E-state index contributed by atoms with van der Waals surface area (Å²) < 4.78 is 54.1. The number of halogens is 3. The van der Waals surface area contributed by atoms with Crippen molar-refractivity contribution in [3.05, 3.63) is 69.1 Å². The Morgan fingerprint density at radius 1 is 1.19 bits per heavy atom. The van der Waals surface area contributed by atoms with Gasteiger partial charge in [-0.15, -0.1) is 0 Å². The summed E-state index contributed by atoms with van der Waals surface area (Å²) in [7, 11) is 1.48. The molecule has 0 aliphatic carbocycles. The van der Waals surface area contributed by atoms with E-state index in [1.807, 2.05) is 6.92 Å². The lowest BCUT2D eigenvalue weighted by Gasteiger charge is -2.09. The first-order valence-corrected chi connectivity index (χ1v) is 10.1. The number of aromatic amines is 2. The van der Waals surface area contributed by atoms with Gasteiger partial charge in [-0.2, -0.15) is 18.2 Å². The molecule has 0 radical (unpaired) electrons. The number of nitrogens with one attached hydrogen (secondary N) is 2. The fourth-order valence-corrected chi connectivity index (χ4v) is 4.02. The van der Waals surface area contributed by atoms with Crippen molar-refractivity contribution in [2.75, 3.05) is 7.11 Å². The Morgan fingerprint density at radius 2 is 1.94 bits per heavy atom. The summed E-state index contributed by atoms with van der Waals surface area (Å²) in [6.07, 6.45) is -4.37. The Bertz CT molecular complexity index is 1290. The Labute approximate surface area is 183 Å². The van der Waals surface area contributed by atoms with Crippen molar-refractivity contribution in [3.63, 3.8) is 0 Å². The molecule has 166 valence electrons. The van der Waals surface area contributed by atoms with E-state index in [0.29, 0.717) is 22.6 Å². The summed E-state index contributed by atoms with van der Waals surface area (Å²) in [5.74, 6) is 0.534. The lowest BCUT2D eigenvalue weighted by molar-refractivity contribution is -0.368. The van der Waals surface area contributed by atoms with Crippen LogP contribution in [0.3, 0.4) is 0 Å². The van der Waals surface area contributed by atoms with Gasteiger partial charge in [0.1, 0.15) is 23.0 Å². The Morgan fingerprint density at radius 3 is 2.56 bits per heavy atom. The van der Waals surface area contributed by atoms with E-state index in [2.05, 4.69) is 19.6 Å². The highest BCUT2D eigenvalue weighted by atomic mass is 32.1. The van der Waals surface area contributed by atoms with Crippen molar-refractivity contribution < 1.29 is 32.2 Å². The van der Waals surface area contributed by atoms with Crippen molar-refractivity contribution in [1.29, 1.82) is 0 Å². The van der Waals surface area contributed by atoms with Crippen LogP contribution in [0.25, 0.3) is 22.0 Å². The zero-order valence-corrected chi connectivity index (χ0v) is 17.7. The highest BCUT2D eigenvalue weighted by molar-refractivity contribution is 7.14. The fraction of sp³-hybridized carbons (Fsp3) is 0.190. The van der Waals surface area contributed by atoms with Crippen LogP contribution in [-0.2, 0) is 12.8 Å². The topological polar surface area (TPSA) is 91.5 Å².